The molecule has 0 radical (unpaired) electrons. The summed E-state index contributed by atoms with van der Waals surface area (Å²) >= 11 is 0. The predicted octanol–water partition coefficient (Wildman–Crippen LogP) is 5.43. The molecule has 1 aliphatic rings. The number of Topliss-reactive ketones (excluding diaryl/α,β-unsaturated/α-hetero) is 1. The minimum Gasteiger partial charge on any atom is -0.507 e. The molecule has 5 rings (SSSR count). The number of pyridine rings is 1. The third-order valence-electron chi connectivity index (χ3n) is 6.51. The monoisotopic (exact) mass is 524 g/mol. The number of hydrogen-bond donors (Lipinski definition) is 1. The minimum absolute atomic E-state index is 0.00710. The first-order valence-corrected chi connectivity index (χ1v) is 12.2. The fraction of sp³-hybridized carbons (Fsp3) is 0.129. The van der Waals surface area contributed by atoms with Crippen LogP contribution in [-0.2, 0) is 22.7 Å². The third kappa shape index (κ3) is 5.36. The Labute approximate surface area is 224 Å². The summed E-state index contributed by atoms with van der Waals surface area (Å²) in [6.45, 7) is 0.488. The summed E-state index contributed by atoms with van der Waals surface area (Å²) in [5.41, 5.74) is 2.29. The summed E-state index contributed by atoms with van der Waals surface area (Å²) in [5.74, 6) is -2.20. The average Bonchev–Trinajstić information content (AvgIpc) is 3.22. The van der Waals surface area contributed by atoms with E-state index in [1.165, 1.54) is 24.1 Å². The summed E-state index contributed by atoms with van der Waals surface area (Å²) in [5, 5.41) is 11.2. The van der Waals surface area contributed by atoms with Gasteiger partial charge in [-0.2, -0.15) is 0 Å². The summed E-state index contributed by atoms with van der Waals surface area (Å²) in [6, 6.07) is 23.2. The maximum atomic E-state index is 14.5. The van der Waals surface area contributed by atoms with Crippen LogP contribution in [0.3, 0.4) is 0 Å². The van der Waals surface area contributed by atoms with Crippen molar-refractivity contribution in [3.05, 3.63) is 131 Å². The van der Waals surface area contributed by atoms with Crippen molar-refractivity contribution in [3.63, 3.8) is 0 Å². The van der Waals surface area contributed by atoms with E-state index in [9.17, 15) is 19.1 Å². The molecular formula is C31H25FN2O5. The molecule has 1 saturated heterocycles. The van der Waals surface area contributed by atoms with Gasteiger partial charge in [0, 0.05) is 24.5 Å². The van der Waals surface area contributed by atoms with Crippen molar-refractivity contribution in [2.75, 3.05) is 7.11 Å². The van der Waals surface area contributed by atoms with Gasteiger partial charge in [0.25, 0.3) is 11.7 Å². The molecule has 1 atom stereocenters. The number of rotatable bonds is 8. The average molecular weight is 525 g/mol. The summed E-state index contributed by atoms with van der Waals surface area (Å²) in [4.78, 5) is 31.9. The van der Waals surface area contributed by atoms with Crippen LogP contribution in [0.2, 0.25) is 0 Å². The first-order valence-electron chi connectivity index (χ1n) is 12.2. The summed E-state index contributed by atoms with van der Waals surface area (Å²) in [7, 11) is 1.33. The molecule has 0 aliphatic carbocycles. The van der Waals surface area contributed by atoms with Crippen LogP contribution in [-0.4, -0.2) is 33.8 Å². The molecule has 1 fully saturated rings. The molecular weight excluding hydrogens is 499 g/mol. The Balaban J connectivity index is 1.53. The van der Waals surface area contributed by atoms with Gasteiger partial charge in [0.05, 0.1) is 18.7 Å². The minimum atomic E-state index is -0.911. The zero-order valence-electron chi connectivity index (χ0n) is 21.1. The first-order chi connectivity index (χ1) is 19.0. The van der Waals surface area contributed by atoms with Gasteiger partial charge in [0.2, 0.25) is 0 Å². The van der Waals surface area contributed by atoms with Gasteiger partial charge in [-0.25, -0.2) is 4.39 Å². The molecule has 0 saturated carbocycles. The van der Waals surface area contributed by atoms with Crippen LogP contribution in [0.25, 0.3) is 5.76 Å². The maximum Gasteiger partial charge on any atom is 0.295 e. The lowest BCUT2D eigenvalue weighted by atomic mass is 9.95. The Morgan fingerprint density at radius 3 is 2.33 bits per heavy atom. The van der Waals surface area contributed by atoms with Crippen molar-refractivity contribution in [2.24, 2.45) is 0 Å². The second-order valence-corrected chi connectivity index (χ2v) is 8.98. The second kappa shape index (κ2) is 11.2. The van der Waals surface area contributed by atoms with Crippen molar-refractivity contribution in [1.82, 2.24) is 9.88 Å². The third-order valence-corrected chi connectivity index (χ3v) is 6.51. The number of methoxy groups -OCH3 is 1. The largest absolute Gasteiger partial charge is 0.507 e. The van der Waals surface area contributed by atoms with E-state index in [-0.39, 0.29) is 23.4 Å². The van der Waals surface area contributed by atoms with E-state index in [1.54, 1.807) is 48.8 Å². The smallest absolute Gasteiger partial charge is 0.295 e. The van der Waals surface area contributed by atoms with E-state index in [1.807, 2.05) is 30.3 Å². The van der Waals surface area contributed by atoms with Crippen molar-refractivity contribution in [1.29, 1.82) is 0 Å². The van der Waals surface area contributed by atoms with Gasteiger partial charge in [-0.05, 0) is 59.2 Å². The number of carbonyl (C=O) groups excluding carboxylic acids is 2. The zero-order chi connectivity index (χ0) is 27.4. The molecule has 8 heteroatoms. The fourth-order valence-corrected chi connectivity index (χ4v) is 4.53. The fourth-order valence-electron chi connectivity index (χ4n) is 4.53. The maximum absolute atomic E-state index is 14.5. The van der Waals surface area contributed by atoms with Gasteiger partial charge in [-0.1, -0.05) is 42.5 Å². The molecule has 196 valence electrons. The first kappa shape index (κ1) is 25.7. The van der Waals surface area contributed by atoms with E-state index in [0.717, 1.165) is 17.2 Å². The van der Waals surface area contributed by atoms with Gasteiger partial charge in [-0.15, -0.1) is 0 Å². The van der Waals surface area contributed by atoms with E-state index < -0.39 is 29.3 Å². The number of aliphatic hydroxyl groups is 1. The molecule has 0 unspecified atom stereocenters. The van der Waals surface area contributed by atoms with Gasteiger partial charge < -0.3 is 19.5 Å². The molecule has 39 heavy (non-hydrogen) atoms. The molecule has 0 bridgehead atoms. The molecule has 3 aromatic carbocycles. The number of benzene rings is 3. The van der Waals surface area contributed by atoms with Crippen LogP contribution in [0.1, 0.15) is 28.3 Å². The highest BCUT2D eigenvalue weighted by Gasteiger charge is 2.46. The summed E-state index contributed by atoms with van der Waals surface area (Å²) in [6.07, 6.45) is 3.19. The lowest BCUT2D eigenvalue weighted by Crippen LogP contribution is -2.29. The van der Waals surface area contributed by atoms with Crippen molar-refractivity contribution >= 4 is 17.4 Å². The number of likely N-dealkylation sites (tertiary alicyclic amines) is 1. The molecule has 1 N–H and O–H groups in total. The number of ether oxygens (including phenoxy) is 2. The van der Waals surface area contributed by atoms with Crippen LogP contribution < -0.4 is 9.47 Å². The van der Waals surface area contributed by atoms with Crippen LogP contribution in [0.4, 0.5) is 4.39 Å². The standard InChI is InChI=1S/C31H25FN2O5/c1-38-26-12-9-23(17-25(26)32)29(35)27-28(34(31(37)30(27)36)18-20-13-15-33-16-14-20)22-7-10-24(11-8-22)39-19-21-5-3-2-4-6-21/h2-17,28,35H,18-19H2,1H3/t28-/m0/s1. The highest BCUT2D eigenvalue weighted by molar-refractivity contribution is 6.46. The highest BCUT2D eigenvalue weighted by Crippen LogP contribution is 2.41. The van der Waals surface area contributed by atoms with Gasteiger partial charge in [0.15, 0.2) is 11.6 Å². The van der Waals surface area contributed by atoms with Gasteiger partial charge in [-0.3, -0.25) is 14.6 Å². The number of aliphatic hydroxyl groups excluding tert-OH is 1. The SMILES string of the molecule is COc1ccc(C(O)=C2C(=O)C(=O)N(Cc3ccncc3)[C@H]2c2ccc(OCc3ccccc3)cc2)cc1F. The molecule has 4 aromatic rings. The van der Waals surface area contributed by atoms with Crippen LogP contribution in [0.15, 0.2) is 103 Å². The molecule has 1 amide bonds. The van der Waals surface area contributed by atoms with Crippen LogP contribution >= 0.6 is 0 Å². The van der Waals surface area contributed by atoms with E-state index in [4.69, 9.17) is 9.47 Å². The van der Waals surface area contributed by atoms with Gasteiger partial charge in [0.1, 0.15) is 18.1 Å². The number of ketones is 1. The van der Waals surface area contributed by atoms with E-state index in [2.05, 4.69) is 4.98 Å². The quantitative estimate of drug-likeness (QED) is 0.188. The topological polar surface area (TPSA) is 89.0 Å². The Bertz CT molecular complexity index is 1520. The van der Waals surface area contributed by atoms with Crippen molar-refractivity contribution in [2.45, 2.75) is 19.2 Å². The lowest BCUT2D eigenvalue weighted by Gasteiger charge is -2.25. The van der Waals surface area contributed by atoms with E-state index in [0.29, 0.717) is 17.9 Å². The zero-order valence-corrected chi connectivity index (χ0v) is 21.1. The Morgan fingerprint density at radius 1 is 0.949 bits per heavy atom. The Kier molecular flexibility index (Phi) is 7.36. The molecule has 7 nitrogen and oxygen atoms in total. The number of nitrogens with zero attached hydrogens (tertiary/aromatic N) is 2. The Hall–Kier alpha value is -4.98. The second-order valence-electron chi connectivity index (χ2n) is 8.98. The number of hydrogen-bond acceptors (Lipinski definition) is 6. The molecule has 0 spiro atoms. The predicted molar refractivity (Wildman–Crippen MR) is 142 cm³/mol. The Morgan fingerprint density at radius 2 is 1.67 bits per heavy atom. The number of halogens is 1. The normalized spacial score (nSPS) is 16.4. The molecule has 1 aromatic heterocycles. The van der Waals surface area contributed by atoms with Gasteiger partial charge >= 0.3 is 0 Å². The molecule has 2 heterocycles. The number of carbonyl (C=O) groups is 2. The van der Waals surface area contributed by atoms with E-state index >= 15 is 0 Å². The summed E-state index contributed by atoms with van der Waals surface area (Å²) < 4.78 is 25.3. The number of aromatic nitrogens is 1. The van der Waals surface area contributed by atoms with Crippen LogP contribution in [0, 0.1) is 5.82 Å². The lowest BCUT2D eigenvalue weighted by molar-refractivity contribution is -0.140. The van der Waals surface area contributed by atoms with Crippen LogP contribution in [0.5, 0.6) is 11.5 Å². The van der Waals surface area contributed by atoms with Crippen molar-refractivity contribution < 1.29 is 28.6 Å². The molecule has 1 aliphatic heterocycles. The van der Waals surface area contributed by atoms with Crippen molar-refractivity contribution in [3.8, 4) is 11.5 Å². The highest BCUT2D eigenvalue weighted by atomic mass is 19.1. The number of amides is 1.